The fraction of sp³-hybridized carbons (Fsp3) is 0.111. The smallest absolute Gasteiger partial charge is 0.197 e. The Morgan fingerprint density at radius 2 is 2.12 bits per heavy atom. The molecule has 3 aromatic heterocycles. The Bertz CT molecular complexity index is 1120. The Morgan fingerprint density at radius 1 is 1.29 bits per heavy atom. The van der Waals surface area contributed by atoms with E-state index in [-0.39, 0.29) is 5.78 Å². The third-order valence-electron chi connectivity index (χ3n) is 4.02. The maximum absolute atomic E-state index is 12.9. The number of fused-ring (bicyclic) bond motifs is 2. The molecule has 0 saturated heterocycles. The van der Waals surface area contributed by atoms with Gasteiger partial charge in [-0.1, -0.05) is 35.6 Å². The number of carbonyl (C=O) groups excluding carboxylic acids is 1. The number of hydrogen-bond donors (Lipinski definition) is 0. The van der Waals surface area contributed by atoms with Gasteiger partial charge in [-0.2, -0.15) is 5.26 Å². The molecule has 0 radical (unpaired) electrons. The van der Waals surface area contributed by atoms with Crippen molar-refractivity contribution in [1.29, 1.82) is 5.26 Å². The first-order valence-corrected chi connectivity index (χ1v) is 8.22. The van der Waals surface area contributed by atoms with Crippen LogP contribution in [0.1, 0.15) is 27.0 Å². The van der Waals surface area contributed by atoms with Gasteiger partial charge in [0.2, 0.25) is 0 Å². The summed E-state index contributed by atoms with van der Waals surface area (Å²) in [6.45, 7) is 1.86. The zero-order valence-electron chi connectivity index (χ0n) is 12.8. The molecule has 0 N–H and O–H groups in total. The van der Waals surface area contributed by atoms with E-state index in [0.717, 1.165) is 21.6 Å². The van der Waals surface area contributed by atoms with E-state index in [9.17, 15) is 10.1 Å². The van der Waals surface area contributed by atoms with Crippen molar-refractivity contribution in [2.24, 2.45) is 0 Å². The van der Waals surface area contributed by atoms with Crippen LogP contribution >= 0.6 is 11.3 Å². The monoisotopic (exact) mass is 332 g/mol. The van der Waals surface area contributed by atoms with Crippen LogP contribution in [0.4, 0.5) is 0 Å². The number of hydrogen-bond acceptors (Lipinski definition) is 5. The fourth-order valence-corrected chi connectivity index (χ4v) is 3.81. The number of rotatable bonds is 3. The molecule has 0 aliphatic carbocycles. The van der Waals surface area contributed by atoms with Crippen LogP contribution in [0.15, 0.2) is 48.8 Å². The van der Waals surface area contributed by atoms with Gasteiger partial charge in [-0.05, 0) is 19.1 Å². The van der Waals surface area contributed by atoms with E-state index < -0.39 is 5.92 Å². The van der Waals surface area contributed by atoms with Gasteiger partial charge in [0.1, 0.15) is 0 Å². The van der Waals surface area contributed by atoms with E-state index >= 15 is 0 Å². The maximum Gasteiger partial charge on any atom is 0.197 e. The van der Waals surface area contributed by atoms with Crippen molar-refractivity contribution in [3.8, 4) is 6.07 Å². The van der Waals surface area contributed by atoms with Crippen molar-refractivity contribution in [2.75, 3.05) is 0 Å². The molecule has 0 aliphatic rings. The van der Waals surface area contributed by atoms with Crippen LogP contribution < -0.4 is 0 Å². The van der Waals surface area contributed by atoms with E-state index in [2.05, 4.69) is 16.0 Å². The fourth-order valence-electron chi connectivity index (χ4n) is 2.76. The van der Waals surface area contributed by atoms with E-state index in [1.165, 1.54) is 11.3 Å². The molecule has 0 spiro atoms. The zero-order valence-corrected chi connectivity index (χ0v) is 13.6. The quantitative estimate of drug-likeness (QED) is 0.536. The number of aryl methyl sites for hydroxylation is 1. The molecule has 24 heavy (non-hydrogen) atoms. The lowest BCUT2D eigenvalue weighted by molar-refractivity contribution is 0.0980. The molecular formula is C18H12N4OS. The number of aromatic nitrogens is 3. The van der Waals surface area contributed by atoms with Gasteiger partial charge >= 0.3 is 0 Å². The second-order valence-corrected chi connectivity index (χ2v) is 6.43. The average Bonchev–Trinajstić information content (AvgIpc) is 3.18. The number of nitrogens with zero attached hydrogens (tertiary/aromatic N) is 4. The SMILES string of the molecule is Cc1c(C(=O)C(C#N)c2ccc3ccccc3n2)sc2nccn12. The molecular weight excluding hydrogens is 320 g/mol. The summed E-state index contributed by atoms with van der Waals surface area (Å²) in [7, 11) is 0. The molecule has 0 bridgehead atoms. The average molecular weight is 332 g/mol. The second kappa shape index (κ2) is 5.55. The van der Waals surface area contributed by atoms with Crippen molar-refractivity contribution >= 4 is 33.0 Å². The number of thiazole rings is 1. The van der Waals surface area contributed by atoms with Gasteiger partial charge in [0.05, 0.1) is 22.2 Å². The molecule has 4 rings (SSSR count). The Hall–Kier alpha value is -3.04. The van der Waals surface area contributed by atoms with Gasteiger partial charge in [-0.3, -0.25) is 14.2 Å². The minimum absolute atomic E-state index is 0.228. The van der Waals surface area contributed by atoms with Crippen molar-refractivity contribution in [3.63, 3.8) is 0 Å². The minimum atomic E-state index is -0.920. The standard InChI is InChI=1S/C18H12N4OS/c1-11-17(24-18-20-8-9-22(11)18)16(23)13(10-19)15-7-6-12-4-2-3-5-14(12)21-15/h2-9,13H,1H3. The van der Waals surface area contributed by atoms with E-state index in [4.69, 9.17) is 0 Å². The lowest BCUT2D eigenvalue weighted by Crippen LogP contribution is -2.13. The molecule has 116 valence electrons. The normalized spacial score (nSPS) is 12.3. The van der Waals surface area contributed by atoms with Crippen molar-refractivity contribution in [1.82, 2.24) is 14.4 Å². The van der Waals surface area contributed by atoms with E-state index in [1.54, 1.807) is 12.3 Å². The second-order valence-electron chi connectivity index (χ2n) is 5.45. The number of pyridine rings is 1. The molecule has 0 saturated carbocycles. The molecule has 6 heteroatoms. The van der Waals surface area contributed by atoms with Crippen LogP contribution in [-0.2, 0) is 0 Å². The van der Waals surface area contributed by atoms with Crippen LogP contribution in [0.3, 0.4) is 0 Å². The van der Waals surface area contributed by atoms with Gasteiger partial charge in [0, 0.05) is 23.5 Å². The summed E-state index contributed by atoms with van der Waals surface area (Å²) in [4.78, 5) is 22.9. The third kappa shape index (κ3) is 2.18. The number of nitriles is 1. The van der Waals surface area contributed by atoms with Crippen molar-refractivity contribution < 1.29 is 4.79 Å². The number of benzene rings is 1. The highest BCUT2D eigenvalue weighted by molar-refractivity contribution is 7.19. The molecule has 1 aromatic carbocycles. The summed E-state index contributed by atoms with van der Waals surface area (Å²) in [6.07, 6.45) is 3.51. The van der Waals surface area contributed by atoms with Gasteiger partial charge in [0.15, 0.2) is 16.7 Å². The number of Topliss-reactive ketones (excluding diaryl/α,β-unsaturated/α-hetero) is 1. The van der Waals surface area contributed by atoms with Gasteiger partial charge in [0.25, 0.3) is 0 Å². The number of ketones is 1. The predicted molar refractivity (Wildman–Crippen MR) is 92.2 cm³/mol. The van der Waals surface area contributed by atoms with Crippen molar-refractivity contribution in [3.05, 3.63) is 65.1 Å². The van der Waals surface area contributed by atoms with Crippen LogP contribution in [0.25, 0.3) is 15.9 Å². The first kappa shape index (κ1) is 14.5. The Kier molecular flexibility index (Phi) is 3.36. The number of carbonyl (C=O) groups is 1. The van der Waals surface area contributed by atoms with Gasteiger partial charge in [-0.25, -0.2) is 4.98 Å². The summed E-state index contributed by atoms with van der Waals surface area (Å²) in [5.74, 6) is -1.15. The molecule has 1 unspecified atom stereocenters. The predicted octanol–water partition coefficient (Wildman–Crippen LogP) is 3.74. The van der Waals surface area contributed by atoms with Crippen molar-refractivity contribution in [2.45, 2.75) is 12.8 Å². The zero-order chi connectivity index (χ0) is 16.7. The molecule has 4 aromatic rings. The summed E-state index contributed by atoms with van der Waals surface area (Å²) in [5, 5.41) is 10.6. The lowest BCUT2D eigenvalue weighted by Gasteiger charge is -2.08. The summed E-state index contributed by atoms with van der Waals surface area (Å²) >= 11 is 1.30. The Labute approximate surface area is 141 Å². The minimum Gasteiger partial charge on any atom is -0.294 e. The molecule has 3 heterocycles. The largest absolute Gasteiger partial charge is 0.294 e. The summed E-state index contributed by atoms with van der Waals surface area (Å²) < 4.78 is 1.86. The third-order valence-corrected chi connectivity index (χ3v) is 5.21. The number of para-hydroxylation sites is 1. The van der Waals surface area contributed by atoms with Crippen LogP contribution in [0.5, 0.6) is 0 Å². The molecule has 5 nitrogen and oxygen atoms in total. The van der Waals surface area contributed by atoms with Crippen LogP contribution in [0, 0.1) is 18.3 Å². The Balaban J connectivity index is 1.79. The first-order valence-electron chi connectivity index (χ1n) is 7.41. The highest BCUT2D eigenvalue weighted by atomic mass is 32.1. The lowest BCUT2D eigenvalue weighted by atomic mass is 9.98. The Morgan fingerprint density at radius 3 is 2.92 bits per heavy atom. The molecule has 1 atom stereocenters. The number of imidazole rings is 1. The van der Waals surface area contributed by atoms with Gasteiger partial charge < -0.3 is 0 Å². The maximum atomic E-state index is 12.9. The van der Waals surface area contributed by atoms with Crippen LogP contribution in [-0.4, -0.2) is 20.2 Å². The summed E-state index contributed by atoms with van der Waals surface area (Å²) in [5.41, 5.74) is 2.06. The molecule has 0 amide bonds. The van der Waals surface area contributed by atoms with E-state index in [0.29, 0.717) is 10.6 Å². The topological polar surface area (TPSA) is 71.0 Å². The summed E-state index contributed by atoms with van der Waals surface area (Å²) in [6, 6.07) is 13.4. The highest BCUT2D eigenvalue weighted by Gasteiger charge is 2.27. The molecule has 0 fully saturated rings. The highest BCUT2D eigenvalue weighted by Crippen LogP contribution is 2.28. The first-order chi connectivity index (χ1) is 11.7. The van der Waals surface area contributed by atoms with Crippen LogP contribution in [0.2, 0.25) is 0 Å². The molecule has 0 aliphatic heterocycles. The van der Waals surface area contributed by atoms with E-state index in [1.807, 2.05) is 47.9 Å². The van der Waals surface area contributed by atoms with Gasteiger partial charge in [-0.15, -0.1) is 0 Å².